The number of ether oxygens (including phenoxy) is 2. The van der Waals surface area contributed by atoms with Crippen LogP contribution in [0.25, 0.3) is 10.9 Å². The number of para-hydroxylation sites is 2. The van der Waals surface area contributed by atoms with E-state index in [0.717, 1.165) is 27.8 Å². The molecule has 3 aromatic rings. The summed E-state index contributed by atoms with van der Waals surface area (Å²) in [6.45, 7) is 3.75. The van der Waals surface area contributed by atoms with E-state index >= 15 is 0 Å². The van der Waals surface area contributed by atoms with Gasteiger partial charge in [-0.1, -0.05) is 24.3 Å². The van der Waals surface area contributed by atoms with Crippen LogP contribution in [0.3, 0.4) is 0 Å². The van der Waals surface area contributed by atoms with Crippen LogP contribution in [0.4, 0.5) is 5.69 Å². The lowest BCUT2D eigenvalue weighted by atomic mass is 10.1. The van der Waals surface area contributed by atoms with Crippen LogP contribution < -0.4 is 14.8 Å². The molecule has 0 saturated heterocycles. The maximum Gasteiger partial charge on any atom is 0.262 e. The molecule has 0 unspecified atom stereocenters. The summed E-state index contributed by atoms with van der Waals surface area (Å²) < 4.78 is 11.1. The van der Waals surface area contributed by atoms with Gasteiger partial charge in [0.1, 0.15) is 17.0 Å². The number of methoxy groups -OCH3 is 1. The highest BCUT2D eigenvalue weighted by atomic mass is 16.5. The number of aryl methyl sites for hydroxylation is 2. The van der Waals surface area contributed by atoms with E-state index in [1.54, 1.807) is 7.11 Å². The van der Waals surface area contributed by atoms with Gasteiger partial charge in [-0.05, 0) is 37.6 Å². The van der Waals surface area contributed by atoms with Crippen LogP contribution in [-0.2, 0) is 4.79 Å². The van der Waals surface area contributed by atoms with Crippen LogP contribution in [0.5, 0.6) is 11.5 Å². The van der Waals surface area contributed by atoms with Gasteiger partial charge >= 0.3 is 0 Å². The molecule has 0 saturated carbocycles. The second kappa shape index (κ2) is 7.21. The minimum Gasteiger partial charge on any atom is -0.494 e. The summed E-state index contributed by atoms with van der Waals surface area (Å²) in [4.78, 5) is 16.7. The Labute approximate surface area is 146 Å². The van der Waals surface area contributed by atoms with E-state index < -0.39 is 0 Å². The van der Waals surface area contributed by atoms with Crippen LogP contribution in [-0.4, -0.2) is 24.6 Å². The van der Waals surface area contributed by atoms with E-state index in [2.05, 4.69) is 10.3 Å². The van der Waals surface area contributed by atoms with Crippen molar-refractivity contribution in [1.29, 1.82) is 0 Å². The lowest BCUT2D eigenvalue weighted by Crippen LogP contribution is -2.20. The van der Waals surface area contributed by atoms with E-state index in [-0.39, 0.29) is 12.5 Å². The number of nitrogens with one attached hydrogen (secondary N) is 1. The van der Waals surface area contributed by atoms with Crippen LogP contribution in [0.2, 0.25) is 0 Å². The first-order valence-corrected chi connectivity index (χ1v) is 8.01. The Morgan fingerprint density at radius 1 is 1.08 bits per heavy atom. The Morgan fingerprint density at radius 2 is 1.88 bits per heavy atom. The Kier molecular flexibility index (Phi) is 4.84. The molecule has 1 aromatic heterocycles. The van der Waals surface area contributed by atoms with E-state index in [1.807, 2.05) is 62.4 Å². The normalized spacial score (nSPS) is 10.5. The summed E-state index contributed by atoms with van der Waals surface area (Å²) in [5, 5.41) is 3.67. The maximum absolute atomic E-state index is 12.2. The fraction of sp³-hybridized carbons (Fsp3) is 0.200. The summed E-state index contributed by atoms with van der Waals surface area (Å²) in [5.74, 6) is 1.08. The van der Waals surface area contributed by atoms with Gasteiger partial charge < -0.3 is 14.8 Å². The number of carbonyl (C=O) groups is 1. The molecular weight excluding hydrogens is 316 g/mol. The first kappa shape index (κ1) is 16.8. The zero-order chi connectivity index (χ0) is 17.8. The minimum atomic E-state index is -0.209. The number of aromatic nitrogens is 1. The van der Waals surface area contributed by atoms with Crippen LogP contribution in [0, 0.1) is 13.8 Å². The van der Waals surface area contributed by atoms with Crippen molar-refractivity contribution < 1.29 is 14.3 Å². The van der Waals surface area contributed by atoms with Gasteiger partial charge in [0.25, 0.3) is 5.91 Å². The van der Waals surface area contributed by atoms with Gasteiger partial charge in [0, 0.05) is 22.8 Å². The van der Waals surface area contributed by atoms with E-state index in [4.69, 9.17) is 9.47 Å². The molecule has 128 valence electrons. The van der Waals surface area contributed by atoms with E-state index in [1.165, 1.54) is 0 Å². The molecule has 0 fully saturated rings. The quantitative estimate of drug-likeness (QED) is 0.768. The zero-order valence-electron chi connectivity index (χ0n) is 14.5. The molecule has 0 bridgehead atoms. The lowest BCUT2D eigenvalue weighted by molar-refractivity contribution is -0.118. The highest BCUT2D eigenvalue weighted by molar-refractivity contribution is 5.93. The Balaban J connectivity index is 1.79. The van der Waals surface area contributed by atoms with Crippen molar-refractivity contribution in [2.45, 2.75) is 13.8 Å². The number of hydrogen-bond donors (Lipinski definition) is 1. The van der Waals surface area contributed by atoms with Crippen molar-refractivity contribution in [3.05, 3.63) is 59.8 Å². The number of amides is 1. The third-order valence-corrected chi connectivity index (χ3v) is 3.89. The second-order valence-electron chi connectivity index (χ2n) is 5.77. The molecule has 0 aliphatic rings. The summed E-state index contributed by atoms with van der Waals surface area (Å²) in [7, 11) is 1.61. The summed E-state index contributed by atoms with van der Waals surface area (Å²) >= 11 is 0. The molecule has 2 aromatic carbocycles. The van der Waals surface area contributed by atoms with Gasteiger partial charge in [0.05, 0.1) is 7.11 Å². The van der Waals surface area contributed by atoms with E-state index in [0.29, 0.717) is 11.5 Å². The largest absolute Gasteiger partial charge is 0.494 e. The van der Waals surface area contributed by atoms with Crippen LogP contribution >= 0.6 is 0 Å². The number of nitrogens with zero attached hydrogens (tertiary/aromatic N) is 1. The number of anilines is 1. The number of fused-ring (bicyclic) bond motifs is 1. The molecule has 0 aliphatic carbocycles. The van der Waals surface area contributed by atoms with Crippen molar-refractivity contribution >= 4 is 22.5 Å². The first-order chi connectivity index (χ1) is 12.1. The minimum absolute atomic E-state index is 0.0793. The Hall–Kier alpha value is -3.08. The van der Waals surface area contributed by atoms with Gasteiger partial charge in [-0.25, -0.2) is 4.98 Å². The number of rotatable bonds is 5. The topological polar surface area (TPSA) is 60.5 Å². The Morgan fingerprint density at radius 3 is 2.64 bits per heavy atom. The number of pyridine rings is 1. The number of carbonyl (C=O) groups excluding carboxylic acids is 1. The van der Waals surface area contributed by atoms with Crippen molar-refractivity contribution in [2.24, 2.45) is 0 Å². The van der Waals surface area contributed by atoms with Gasteiger partial charge in [-0.15, -0.1) is 0 Å². The van der Waals surface area contributed by atoms with Crippen molar-refractivity contribution in [3.63, 3.8) is 0 Å². The molecule has 1 N–H and O–H groups in total. The fourth-order valence-electron chi connectivity index (χ4n) is 2.64. The molecule has 3 rings (SSSR count). The lowest BCUT2D eigenvalue weighted by Gasteiger charge is -2.13. The molecule has 0 atom stereocenters. The SMILES string of the molecule is COc1cccc2c(OCC(=O)Nc3ccccc3C)cc(C)nc12. The molecule has 0 spiro atoms. The monoisotopic (exact) mass is 336 g/mol. The van der Waals surface area contributed by atoms with Gasteiger partial charge in [-0.2, -0.15) is 0 Å². The third-order valence-electron chi connectivity index (χ3n) is 3.89. The predicted molar refractivity (Wildman–Crippen MR) is 98.3 cm³/mol. The molecule has 0 aliphatic heterocycles. The highest BCUT2D eigenvalue weighted by Gasteiger charge is 2.11. The van der Waals surface area contributed by atoms with Gasteiger partial charge in [0.2, 0.25) is 0 Å². The van der Waals surface area contributed by atoms with Gasteiger partial charge in [0.15, 0.2) is 6.61 Å². The zero-order valence-corrected chi connectivity index (χ0v) is 14.5. The molecule has 1 amide bonds. The third kappa shape index (κ3) is 3.71. The van der Waals surface area contributed by atoms with Gasteiger partial charge in [-0.3, -0.25) is 4.79 Å². The summed E-state index contributed by atoms with van der Waals surface area (Å²) in [6, 6.07) is 15.1. The van der Waals surface area contributed by atoms with Crippen molar-refractivity contribution in [1.82, 2.24) is 4.98 Å². The fourth-order valence-corrected chi connectivity index (χ4v) is 2.64. The molecule has 25 heavy (non-hydrogen) atoms. The molecular formula is C20H20N2O3. The molecule has 5 nitrogen and oxygen atoms in total. The smallest absolute Gasteiger partial charge is 0.262 e. The van der Waals surface area contributed by atoms with Crippen molar-refractivity contribution in [3.8, 4) is 11.5 Å². The number of hydrogen-bond acceptors (Lipinski definition) is 4. The summed E-state index contributed by atoms with van der Waals surface area (Å²) in [6.07, 6.45) is 0. The second-order valence-corrected chi connectivity index (χ2v) is 5.77. The predicted octanol–water partition coefficient (Wildman–Crippen LogP) is 3.88. The van der Waals surface area contributed by atoms with Crippen LogP contribution in [0.15, 0.2) is 48.5 Å². The van der Waals surface area contributed by atoms with E-state index in [9.17, 15) is 4.79 Å². The molecule has 5 heteroatoms. The van der Waals surface area contributed by atoms with Crippen LogP contribution in [0.1, 0.15) is 11.3 Å². The summed E-state index contributed by atoms with van der Waals surface area (Å²) in [5.41, 5.74) is 3.31. The number of benzene rings is 2. The average Bonchev–Trinajstić information content (AvgIpc) is 2.61. The van der Waals surface area contributed by atoms with Crippen molar-refractivity contribution in [2.75, 3.05) is 19.0 Å². The molecule has 1 heterocycles. The molecule has 0 radical (unpaired) electrons. The highest BCUT2D eigenvalue weighted by Crippen LogP contribution is 2.31. The Bertz CT molecular complexity index is 922. The first-order valence-electron chi connectivity index (χ1n) is 8.01. The standard InChI is InChI=1S/C20H20N2O3/c1-13-7-4-5-9-16(13)22-19(23)12-25-18-11-14(2)21-20-15(18)8-6-10-17(20)24-3/h4-11H,12H2,1-3H3,(H,22,23). The maximum atomic E-state index is 12.2. The average molecular weight is 336 g/mol.